The molecule has 0 unspecified atom stereocenters. The van der Waals surface area contributed by atoms with E-state index in [1.807, 2.05) is 12.2 Å². The van der Waals surface area contributed by atoms with E-state index >= 15 is 0 Å². The van der Waals surface area contributed by atoms with Crippen molar-refractivity contribution in [1.82, 2.24) is 0 Å². The Bertz CT molecular complexity index is 833. The van der Waals surface area contributed by atoms with Crippen molar-refractivity contribution in [3.63, 3.8) is 0 Å². The van der Waals surface area contributed by atoms with Crippen LogP contribution < -0.4 is 113 Å². The quantitative estimate of drug-likeness (QED) is 0.0388. The molecule has 0 aliphatic rings. The molecule has 0 atom stereocenters. The van der Waals surface area contributed by atoms with E-state index in [1.54, 1.807) is 0 Å². The van der Waals surface area contributed by atoms with Crippen LogP contribution in [0.1, 0.15) is 220 Å². The van der Waals surface area contributed by atoms with Crippen molar-refractivity contribution in [2.45, 2.75) is 220 Å². The zero-order chi connectivity index (χ0) is 38.9. The van der Waals surface area contributed by atoms with Crippen LogP contribution >= 0.6 is 0 Å². The number of carboxylic acid groups (broad SMARTS) is 2. The number of allylic oxidation sites excluding steroid dienone is 2. The van der Waals surface area contributed by atoms with Crippen molar-refractivity contribution in [2.75, 3.05) is 0 Å². The summed E-state index contributed by atoms with van der Waals surface area (Å²) in [7, 11) is 0. The molecule has 0 saturated heterocycles. The van der Waals surface area contributed by atoms with Crippen LogP contribution in [-0.2, 0) is 28.7 Å². The van der Waals surface area contributed by atoms with Gasteiger partial charge in [-0.15, -0.1) is 0 Å². The zero-order valence-electron chi connectivity index (χ0n) is 35.9. The molecular weight excluding hydrogens is 735 g/mol. The number of aliphatic carboxylic acids is 2. The predicted molar refractivity (Wildman–Crippen MR) is 209 cm³/mol. The fourth-order valence-corrected chi connectivity index (χ4v) is 5.72. The van der Waals surface area contributed by atoms with Crippen molar-refractivity contribution in [2.24, 2.45) is 11.8 Å². The van der Waals surface area contributed by atoms with Gasteiger partial charge in [-0.05, 0) is 62.5 Å². The molecule has 304 valence electrons. The van der Waals surface area contributed by atoms with Crippen molar-refractivity contribution in [3.8, 4) is 0 Å². The molecule has 0 fully saturated rings. The largest absolute Gasteiger partial charge is 1.00 e. The Morgan fingerprint density at radius 3 is 0.889 bits per heavy atom. The first-order valence-corrected chi connectivity index (χ1v) is 21.1. The van der Waals surface area contributed by atoms with Crippen molar-refractivity contribution < 1.29 is 142 Å². The standard InChI is InChI=1S/2C22H40O4.2K/c2*1-20(2)16-14-12-10-8-6-4-3-5-7-9-11-13-15-19-26-22(25)18-17-21(23)24;;/h2*15,19-20H,3-14,16-18H2,1-2H3,(H,23,24);;/q;;2*+1/p-2. The fraction of sp³-hybridized carbons (Fsp3) is 0.818. The number of ether oxygens (including phenoxy) is 2. The van der Waals surface area contributed by atoms with E-state index in [4.69, 9.17) is 9.47 Å². The van der Waals surface area contributed by atoms with Crippen LogP contribution in [0.3, 0.4) is 0 Å². The normalized spacial score (nSPS) is 10.9. The van der Waals surface area contributed by atoms with Crippen LogP contribution in [0.5, 0.6) is 0 Å². The van der Waals surface area contributed by atoms with Gasteiger partial charge in [-0.1, -0.05) is 169 Å². The maximum Gasteiger partial charge on any atom is 1.00 e. The molecule has 0 aromatic rings. The molecule has 0 amide bonds. The fourth-order valence-electron chi connectivity index (χ4n) is 5.72. The molecule has 0 aromatic carbocycles. The molecule has 54 heavy (non-hydrogen) atoms. The Balaban J connectivity index is -0.000000446. The molecule has 10 heteroatoms. The number of carboxylic acids is 2. The Morgan fingerprint density at radius 2 is 0.648 bits per heavy atom. The third kappa shape index (κ3) is 59.3. The second kappa shape index (κ2) is 49.8. The van der Waals surface area contributed by atoms with Gasteiger partial charge in [-0.25, -0.2) is 0 Å². The van der Waals surface area contributed by atoms with E-state index in [-0.39, 0.29) is 128 Å². The maximum atomic E-state index is 11.1. The van der Waals surface area contributed by atoms with Gasteiger partial charge in [-0.2, -0.15) is 0 Å². The number of hydrogen-bond donors (Lipinski definition) is 0. The number of rotatable bonds is 36. The Morgan fingerprint density at radius 1 is 0.407 bits per heavy atom. The molecule has 0 spiro atoms. The molecule has 0 aromatic heterocycles. The zero-order valence-corrected chi connectivity index (χ0v) is 42.2. The number of esters is 2. The molecule has 0 saturated carbocycles. The minimum atomic E-state index is -1.23. The van der Waals surface area contributed by atoms with Crippen LogP contribution in [0.25, 0.3) is 0 Å². The van der Waals surface area contributed by atoms with Gasteiger partial charge < -0.3 is 29.3 Å². The van der Waals surface area contributed by atoms with E-state index in [0.29, 0.717) is 0 Å². The summed E-state index contributed by atoms with van der Waals surface area (Å²) in [5, 5.41) is 20.4. The van der Waals surface area contributed by atoms with Crippen LogP contribution in [-0.4, -0.2) is 23.9 Å². The number of unbranched alkanes of at least 4 members (excludes halogenated alkanes) is 22. The van der Waals surface area contributed by atoms with E-state index in [9.17, 15) is 29.4 Å². The minimum Gasteiger partial charge on any atom is -0.550 e. The van der Waals surface area contributed by atoms with Gasteiger partial charge in [0.05, 0.1) is 25.4 Å². The second-order valence-corrected chi connectivity index (χ2v) is 15.2. The number of carbonyl (C=O) groups excluding carboxylic acids is 4. The smallest absolute Gasteiger partial charge is 0.550 e. The summed E-state index contributed by atoms with van der Waals surface area (Å²) >= 11 is 0. The third-order valence-corrected chi connectivity index (χ3v) is 8.96. The first kappa shape index (κ1) is 61.3. The predicted octanol–water partition coefficient (Wildman–Crippen LogP) is 4.61. The molecule has 0 N–H and O–H groups in total. The van der Waals surface area contributed by atoms with E-state index in [1.165, 1.54) is 154 Å². The van der Waals surface area contributed by atoms with Crippen LogP contribution in [0.4, 0.5) is 0 Å². The first-order chi connectivity index (χ1) is 25.0. The third-order valence-electron chi connectivity index (χ3n) is 8.96. The molecule has 8 nitrogen and oxygen atoms in total. The van der Waals surface area contributed by atoms with E-state index < -0.39 is 23.9 Å². The maximum absolute atomic E-state index is 11.1. The SMILES string of the molecule is CC(C)CCCCCCCCCCCCCC=COC(=O)CCC(=O)[O-].CC(C)CCCCCCCCCCCCCC=COC(=O)CCC(=O)[O-].[K+].[K+]. The summed E-state index contributed by atoms with van der Waals surface area (Å²) in [4.78, 5) is 42.7. The summed E-state index contributed by atoms with van der Waals surface area (Å²) in [6, 6.07) is 0. The summed E-state index contributed by atoms with van der Waals surface area (Å²) in [5.41, 5.74) is 0. The average molecular weight is 813 g/mol. The minimum absolute atomic E-state index is 0. The van der Waals surface area contributed by atoms with Crippen LogP contribution in [0.2, 0.25) is 0 Å². The summed E-state index contributed by atoms with van der Waals surface area (Å²) in [6.07, 6.45) is 39.3. The average Bonchev–Trinajstić information content (AvgIpc) is 3.09. The van der Waals surface area contributed by atoms with Crippen molar-refractivity contribution in [3.05, 3.63) is 24.7 Å². The Hall–Kier alpha value is 0.633. The molecule has 0 heterocycles. The van der Waals surface area contributed by atoms with Gasteiger partial charge in [0.25, 0.3) is 0 Å². The number of carbonyl (C=O) groups is 4. The molecule has 0 bridgehead atoms. The van der Waals surface area contributed by atoms with Crippen LogP contribution in [0.15, 0.2) is 24.7 Å². The monoisotopic (exact) mass is 812 g/mol. The molecule has 0 radical (unpaired) electrons. The van der Waals surface area contributed by atoms with Gasteiger partial charge in [0.2, 0.25) is 0 Å². The first-order valence-electron chi connectivity index (χ1n) is 21.1. The van der Waals surface area contributed by atoms with Gasteiger partial charge in [-0.3, -0.25) is 9.59 Å². The summed E-state index contributed by atoms with van der Waals surface area (Å²) in [6.45, 7) is 9.20. The summed E-state index contributed by atoms with van der Waals surface area (Å²) < 4.78 is 9.60. The van der Waals surface area contributed by atoms with Crippen LogP contribution in [0, 0.1) is 11.8 Å². The molecule has 0 rings (SSSR count). The van der Waals surface area contributed by atoms with Gasteiger partial charge in [0.15, 0.2) is 0 Å². The van der Waals surface area contributed by atoms with Crippen molar-refractivity contribution >= 4 is 23.9 Å². The summed E-state index contributed by atoms with van der Waals surface area (Å²) in [5.74, 6) is -1.81. The van der Waals surface area contributed by atoms with E-state index in [2.05, 4.69) is 27.7 Å². The van der Waals surface area contributed by atoms with Gasteiger partial charge in [0.1, 0.15) is 0 Å². The Kier molecular flexibility index (Phi) is 56.5. The molecular formula is C44H78K2O8. The van der Waals surface area contributed by atoms with E-state index in [0.717, 1.165) is 37.5 Å². The molecule has 0 aliphatic carbocycles. The number of hydrogen-bond acceptors (Lipinski definition) is 8. The van der Waals surface area contributed by atoms with Gasteiger partial charge >= 0.3 is 115 Å². The molecule has 0 aliphatic heterocycles. The topological polar surface area (TPSA) is 133 Å². The second-order valence-electron chi connectivity index (χ2n) is 15.2. The Labute approximate surface area is 416 Å². The van der Waals surface area contributed by atoms with Crippen molar-refractivity contribution in [1.29, 1.82) is 0 Å². The van der Waals surface area contributed by atoms with Gasteiger partial charge in [0, 0.05) is 11.9 Å².